The van der Waals surface area contributed by atoms with Crippen LogP contribution in [0.25, 0.3) is 0 Å². The Morgan fingerprint density at radius 1 is 1.24 bits per heavy atom. The minimum atomic E-state index is -1.83. The maximum Gasteiger partial charge on any atom is 0.264 e. The lowest BCUT2D eigenvalue weighted by atomic mass is 9.88. The lowest BCUT2D eigenvalue weighted by Gasteiger charge is -2.22. The molecule has 3 rings (SSSR count). The second-order valence-electron chi connectivity index (χ2n) is 6.09. The van der Waals surface area contributed by atoms with Gasteiger partial charge >= 0.3 is 0 Å². The van der Waals surface area contributed by atoms with E-state index in [4.69, 9.17) is 0 Å². The Hall–Kier alpha value is -1.25. The predicted molar refractivity (Wildman–Crippen MR) is 109 cm³/mol. The van der Waals surface area contributed by atoms with Crippen LogP contribution < -0.4 is 4.90 Å². The van der Waals surface area contributed by atoms with Crippen molar-refractivity contribution in [3.05, 3.63) is 61.6 Å². The van der Waals surface area contributed by atoms with E-state index in [1.165, 1.54) is 0 Å². The van der Waals surface area contributed by atoms with Gasteiger partial charge in [-0.3, -0.25) is 9.59 Å². The zero-order valence-electron chi connectivity index (χ0n) is 13.6. The molecule has 0 aliphatic carbocycles. The van der Waals surface area contributed by atoms with E-state index in [2.05, 4.69) is 38.5 Å². The van der Waals surface area contributed by atoms with Gasteiger partial charge in [0.05, 0.1) is 12.1 Å². The highest BCUT2D eigenvalue weighted by Crippen LogP contribution is 2.44. The highest BCUT2D eigenvalue weighted by molar-refractivity contribution is 14.1. The van der Waals surface area contributed by atoms with Gasteiger partial charge in [0.1, 0.15) is 0 Å². The summed E-state index contributed by atoms with van der Waals surface area (Å²) in [6, 6.07) is 12.5. The summed E-state index contributed by atoms with van der Waals surface area (Å²) < 4.78 is 1.78. The molecule has 0 bridgehead atoms. The van der Waals surface area contributed by atoms with Crippen LogP contribution >= 0.6 is 38.5 Å². The zero-order chi connectivity index (χ0) is 18.2. The molecule has 1 atom stereocenters. The number of halogens is 2. The van der Waals surface area contributed by atoms with Gasteiger partial charge in [0.2, 0.25) is 0 Å². The molecule has 130 valence electrons. The molecule has 2 aromatic rings. The molecule has 1 amide bonds. The molecule has 4 nitrogen and oxygen atoms in total. The number of carbonyl (C=O) groups excluding carboxylic acids is 2. The third kappa shape index (κ3) is 3.39. The number of anilines is 1. The van der Waals surface area contributed by atoms with Gasteiger partial charge < -0.3 is 10.0 Å². The summed E-state index contributed by atoms with van der Waals surface area (Å²) in [6.07, 6.45) is 0.498. The first-order valence-corrected chi connectivity index (χ1v) is 9.87. The Balaban J connectivity index is 1.99. The molecule has 0 saturated heterocycles. The van der Waals surface area contributed by atoms with Crippen LogP contribution in [0.5, 0.6) is 0 Å². The number of nitrogens with zero attached hydrogens (tertiary/aromatic N) is 1. The highest BCUT2D eigenvalue weighted by atomic mass is 127. The molecule has 0 radical (unpaired) electrons. The third-order valence-corrected chi connectivity index (χ3v) is 5.54. The van der Waals surface area contributed by atoms with Gasteiger partial charge in [-0.2, -0.15) is 0 Å². The van der Waals surface area contributed by atoms with Gasteiger partial charge in [-0.15, -0.1) is 0 Å². The molecule has 1 aliphatic rings. The Morgan fingerprint density at radius 2 is 1.92 bits per heavy atom. The van der Waals surface area contributed by atoms with Crippen molar-refractivity contribution in [2.24, 2.45) is 0 Å². The van der Waals surface area contributed by atoms with Crippen LogP contribution in [0.2, 0.25) is 0 Å². The molecule has 1 N–H and O–H groups in total. The quantitative estimate of drug-likeness (QED) is 0.480. The van der Waals surface area contributed by atoms with Crippen LogP contribution in [-0.4, -0.2) is 23.3 Å². The molecule has 2 aromatic carbocycles. The lowest BCUT2D eigenvalue weighted by molar-refractivity contribution is -0.135. The Kier molecular flexibility index (Phi) is 5.31. The Labute approximate surface area is 168 Å². The summed E-state index contributed by atoms with van der Waals surface area (Å²) >= 11 is 5.55. The topological polar surface area (TPSA) is 57.6 Å². The number of ketones is 1. The van der Waals surface area contributed by atoms with E-state index in [0.717, 1.165) is 14.5 Å². The molecule has 25 heavy (non-hydrogen) atoms. The van der Waals surface area contributed by atoms with E-state index < -0.39 is 11.5 Å². The Morgan fingerprint density at radius 3 is 2.56 bits per heavy atom. The van der Waals surface area contributed by atoms with Crippen molar-refractivity contribution >= 4 is 55.9 Å². The van der Waals surface area contributed by atoms with Gasteiger partial charge in [-0.05, 0) is 59.3 Å². The molecule has 1 heterocycles. The second kappa shape index (κ2) is 7.17. The largest absolute Gasteiger partial charge is 0.375 e. The smallest absolute Gasteiger partial charge is 0.264 e. The van der Waals surface area contributed by atoms with Gasteiger partial charge in [0.25, 0.3) is 5.91 Å². The number of carbonyl (C=O) groups is 2. The van der Waals surface area contributed by atoms with Crippen LogP contribution in [0, 0.1) is 3.57 Å². The van der Waals surface area contributed by atoms with Crippen LogP contribution in [0.3, 0.4) is 0 Å². The molecule has 1 aliphatic heterocycles. The summed E-state index contributed by atoms with van der Waals surface area (Å²) in [4.78, 5) is 27.2. The highest BCUT2D eigenvalue weighted by Gasteiger charge is 2.50. The van der Waals surface area contributed by atoms with Crippen molar-refractivity contribution in [3.8, 4) is 0 Å². The fourth-order valence-electron chi connectivity index (χ4n) is 3.11. The van der Waals surface area contributed by atoms with E-state index in [1.54, 1.807) is 29.2 Å². The number of benzene rings is 2. The second-order valence-corrected chi connectivity index (χ2v) is 8.25. The first kappa shape index (κ1) is 18.5. The molecule has 0 saturated carbocycles. The normalized spacial score (nSPS) is 19.2. The van der Waals surface area contributed by atoms with Crippen molar-refractivity contribution in [3.63, 3.8) is 0 Å². The summed E-state index contributed by atoms with van der Waals surface area (Å²) in [5.74, 6) is -0.683. The third-order valence-electron chi connectivity index (χ3n) is 4.32. The maximum absolute atomic E-state index is 12.9. The number of Topliss-reactive ketones (excluding diaryl/α,β-unsaturated/α-hetero) is 1. The number of aliphatic hydroxyl groups is 1. The van der Waals surface area contributed by atoms with Crippen LogP contribution in [0.1, 0.15) is 35.7 Å². The molecule has 0 aromatic heterocycles. The van der Waals surface area contributed by atoms with Crippen LogP contribution in [-0.2, 0) is 10.4 Å². The van der Waals surface area contributed by atoms with Crippen molar-refractivity contribution in [2.75, 3.05) is 11.4 Å². The zero-order valence-corrected chi connectivity index (χ0v) is 17.4. The van der Waals surface area contributed by atoms with E-state index in [9.17, 15) is 14.7 Å². The average Bonchev–Trinajstić information content (AvgIpc) is 2.77. The SMILES string of the molecule is CCCN1C(=O)[C@@](O)(CC(=O)c2ccc(I)cc2)c2cc(Br)ccc21. The van der Waals surface area contributed by atoms with E-state index in [0.29, 0.717) is 23.4 Å². The first-order valence-electron chi connectivity index (χ1n) is 8.00. The summed E-state index contributed by atoms with van der Waals surface area (Å²) in [7, 11) is 0. The standard InChI is InChI=1S/C19H17BrINO3/c1-2-9-22-16-8-5-13(20)10-15(16)19(25,18(22)24)11-17(23)12-3-6-14(21)7-4-12/h3-8,10,25H,2,9,11H2,1H3/t19-/m1/s1. The Bertz CT molecular complexity index is 837. The maximum atomic E-state index is 12.9. The fourth-order valence-corrected chi connectivity index (χ4v) is 3.83. The summed E-state index contributed by atoms with van der Waals surface area (Å²) in [6.45, 7) is 2.48. The average molecular weight is 514 g/mol. The molecule has 0 spiro atoms. The monoisotopic (exact) mass is 513 g/mol. The lowest BCUT2D eigenvalue weighted by Crippen LogP contribution is -2.42. The molecule has 6 heteroatoms. The van der Waals surface area contributed by atoms with E-state index in [1.807, 2.05) is 25.1 Å². The minimum Gasteiger partial charge on any atom is -0.375 e. The van der Waals surface area contributed by atoms with Gasteiger partial charge in [0, 0.05) is 25.7 Å². The van der Waals surface area contributed by atoms with E-state index in [-0.39, 0.29) is 12.2 Å². The fraction of sp³-hybridized carbons (Fsp3) is 0.263. The summed E-state index contributed by atoms with van der Waals surface area (Å²) in [5, 5.41) is 11.2. The molecule has 0 fully saturated rings. The number of hydrogen-bond donors (Lipinski definition) is 1. The van der Waals surface area contributed by atoms with Crippen molar-refractivity contribution in [1.29, 1.82) is 0 Å². The predicted octanol–water partition coefficient (Wildman–Crippen LogP) is 4.27. The van der Waals surface area contributed by atoms with Gasteiger partial charge in [-0.1, -0.05) is 35.0 Å². The summed E-state index contributed by atoms with van der Waals surface area (Å²) in [5.41, 5.74) is -0.173. The van der Waals surface area contributed by atoms with E-state index >= 15 is 0 Å². The first-order chi connectivity index (χ1) is 11.9. The number of fused-ring (bicyclic) bond motifs is 1. The van der Waals surface area contributed by atoms with Crippen molar-refractivity contribution in [2.45, 2.75) is 25.4 Å². The van der Waals surface area contributed by atoms with Crippen molar-refractivity contribution < 1.29 is 14.7 Å². The van der Waals surface area contributed by atoms with Gasteiger partial charge in [-0.25, -0.2) is 0 Å². The number of hydrogen-bond acceptors (Lipinski definition) is 3. The van der Waals surface area contributed by atoms with Crippen LogP contribution in [0.4, 0.5) is 5.69 Å². The number of amides is 1. The molecular formula is C19H17BrINO3. The van der Waals surface area contributed by atoms with Crippen LogP contribution in [0.15, 0.2) is 46.9 Å². The molecule has 0 unspecified atom stereocenters. The van der Waals surface area contributed by atoms with Gasteiger partial charge in [0.15, 0.2) is 11.4 Å². The van der Waals surface area contributed by atoms with Crippen molar-refractivity contribution in [1.82, 2.24) is 0 Å². The number of rotatable bonds is 5. The molecular weight excluding hydrogens is 497 g/mol. The minimum absolute atomic E-state index is 0.253.